The van der Waals surface area contributed by atoms with Gasteiger partial charge in [-0.2, -0.15) is 5.10 Å². The fourth-order valence-corrected chi connectivity index (χ4v) is 3.37. The maximum atomic E-state index is 11.6. The minimum atomic E-state index is -0.263. The molecular weight excluding hydrogens is 268 g/mol. The normalized spacial score (nSPS) is 26.1. The van der Waals surface area contributed by atoms with E-state index in [0.29, 0.717) is 23.9 Å². The van der Waals surface area contributed by atoms with Crippen LogP contribution in [0.2, 0.25) is 0 Å². The molecule has 114 valence electrons. The first-order valence-electron chi connectivity index (χ1n) is 7.49. The molecule has 1 fully saturated rings. The van der Waals surface area contributed by atoms with Gasteiger partial charge in [0.05, 0.1) is 5.54 Å². The van der Waals surface area contributed by atoms with Gasteiger partial charge in [0.25, 0.3) is 0 Å². The third-order valence-corrected chi connectivity index (χ3v) is 4.76. The summed E-state index contributed by atoms with van der Waals surface area (Å²) < 4.78 is 1.46. The summed E-state index contributed by atoms with van der Waals surface area (Å²) in [6, 6.07) is 1.80. The SMILES string of the molecule is Cc1nc(NC2(CN)CCCCC2C)cc2n[nH]c(=O)n12. The summed E-state index contributed by atoms with van der Waals surface area (Å²) in [6.07, 6.45) is 4.65. The van der Waals surface area contributed by atoms with Gasteiger partial charge < -0.3 is 11.1 Å². The van der Waals surface area contributed by atoms with E-state index >= 15 is 0 Å². The van der Waals surface area contributed by atoms with Crippen molar-refractivity contribution < 1.29 is 0 Å². The van der Waals surface area contributed by atoms with Crippen molar-refractivity contribution in [2.24, 2.45) is 11.7 Å². The van der Waals surface area contributed by atoms with Gasteiger partial charge in [-0.1, -0.05) is 19.8 Å². The first-order valence-corrected chi connectivity index (χ1v) is 7.49. The molecule has 3 rings (SSSR count). The molecule has 2 aromatic heterocycles. The molecule has 0 aromatic carbocycles. The summed E-state index contributed by atoms with van der Waals surface area (Å²) >= 11 is 0. The van der Waals surface area contributed by atoms with Crippen LogP contribution in [0, 0.1) is 12.8 Å². The van der Waals surface area contributed by atoms with Crippen molar-refractivity contribution in [3.63, 3.8) is 0 Å². The topological polar surface area (TPSA) is 101 Å². The fourth-order valence-electron chi connectivity index (χ4n) is 3.37. The number of rotatable bonds is 3. The Morgan fingerprint density at radius 1 is 1.57 bits per heavy atom. The predicted molar refractivity (Wildman–Crippen MR) is 81.4 cm³/mol. The molecule has 7 heteroatoms. The van der Waals surface area contributed by atoms with Crippen molar-refractivity contribution in [2.45, 2.75) is 45.1 Å². The van der Waals surface area contributed by atoms with Crippen molar-refractivity contribution in [1.29, 1.82) is 0 Å². The lowest BCUT2D eigenvalue weighted by molar-refractivity contribution is 0.235. The zero-order valence-electron chi connectivity index (χ0n) is 12.5. The smallest absolute Gasteiger partial charge is 0.349 e. The Morgan fingerprint density at radius 3 is 3.10 bits per heavy atom. The lowest BCUT2D eigenvalue weighted by Crippen LogP contribution is -2.52. The van der Waals surface area contributed by atoms with Gasteiger partial charge in [0.1, 0.15) is 11.6 Å². The van der Waals surface area contributed by atoms with Crippen LogP contribution in [0.3, 0.4) is 0 Å². The molecule has 0 saturated heterocycles. The Hall–Kier alpha value is -1.89. The predicted octanol–water partition coefficient (Wildman–Crippen LogP) is 1.05. The monoisotopic (exact) mass is 290 g/mol. The van der Waals surface area contributed by atoms with E-state index in [0.717, 1.165) is 12.2 Å². The fraction of sp³-hybridized carbons (Fsp3) is 0.643. The maximum absolute atomic E-state index is 11.6. The molecule has 2 aromatic rings. The summed E-state index contributed by atoms with van der Waals surface area (Å²) in [4.78, 5) is 16.1. The van der Waals surface area contributed by atoms with Crippen LogP contribution in [-0.2, 0) is 0 Å². The molecule has 1 aliphatic carbocycles. The Kier molecular flexibility index (Phi) is 3.44. The third kappa shape index (κ3) is 2.31. The van der Waals surface area contributed by atoms with Gasteiger partial charge in [-0.3, -0.25) is 0 Å². The van der Waals surface area contributed by atoms with Gasteiger partial charge in [-0.05, 0) is 25.7 Å². The van der Waals surface area contributed by atoms with Gasteiger partial charge in [0.15, 0.2) is 5.65 Å². The average Bonchev–Trinajstić information content (AvgIpc) is 2.83. The second-order valence-corrected chi connectivity index (χ2v) is 6.04. The van der Waals surface area contributed by atoms with E-state index in [1.54, 1.807) is 13.0 Å². The van der Waals surface area contributed by atoms with Crippen LogP contribution in [0.1, 0.15) is 38.4 Å². The van der Waals surface area contributed by atoms with E-state index in [2.05, 4.69) is 27.4 Å². The second-order valence-electron chi connectivity index (χ2n) is 6.04. The first-order chi connectivity index (χ1) is 10.1. The Morgan fingerprint density at radius 2 is 2.38 bits per heavy atom. The van der Waals surface area contributed by atoms with Crippen LogP contribution in [0.5, 0.6) is 0 Å². The van der Waals surface area contributed by atoms with Crippen molar-refractivity contribution in [1.82, 2.24) is 19.6 Å². The van der Waals surface area contributed by atoms with Crippen LogP contribution in [0.25, 0.3) is 5.65 Å². The molecule has 0 spiro atoms. The number of aromatic amines is 1. The first kappa shape index (κ1) is 14.1. The molecule has 4 N–H and O–H groups in total. The minimum absolute atomic E-state index is 0.118. The molecule has 7 nitrogen and oxygen atoms in total. The number of H-pyrrole nitrogens is 1. The number of nitrogens with zero attached hydrogens (tertiary/aromatic N) is 3. The number of nitrogens with one attached hydrogen (secondary N) is 2. The molecule has 2 atom stereocenters. The van der Waals surface area contributed by atoms with E-state index in [4.69, 9.17) is 5.73 Å². The zero-order chi connectivity index (χ0) is 15.0. The second kappa shape index (κ2) is 5.14. The molecule has 2 unspecified atom stereocenters. The largest absolute Gasteiger partial charge is 0.363 e. The highest BCUT2D eigenvalue weighted by Crippen LogP contribution is 2.35. The number of fused-ring (bicyclic) bond motifs is 1. The highest BCUT2D eigenvalue weighted by Gasteiger charge is 2.37. The van der Waals surface area contributed by atoms with E-state index in [1.165, 1.54) is 23.7 Å². The lowest BCUT2D eigenvalue weighted by atomic mass is 9.73. The van der Waals surface area contributed by atoms with Crippen LogP contribution >= 0.6 is 0 Å². The van der Waals surface area contributed by atoms with Crippen LogP contribution in [-0.4, -0.2) is 31.7 Å². The zero-order valence-corrected chi connectivity index (χ0v) is 12.5. The molecule has 0 aliphatic heterocycles. The van der Waals surface area contributed by atoms with Gasteiger partial charge in [-0.15, -0.1) is 0 Å². The molecule has 1 saturated carbocycles. The van der Waals surface area contributed by atoms with E-state index in [-0.39, 0.29) is 11.2 Å². The van der Waals surface area contributed by atoms with E-state index < -0.39 is 0 Å². The molecule has 0 radical (unpaired) electrons. The van der Waals surface area contributed by atoms with Gasteiger partial charge in [0, 0.05) is 12.6 Å². The minimum Gasteiger partial charge on any atom is -0.363 e. The summed E-state index contributed by atoms with van der Waals surface area (Å²) in [6.45, 7) is 4.62. The highest BCUT2D eigenvalue weighted by atomic mass is 16.1. The number of nitrogens with two attached hydrogens (primary N) is 1. The molecule has 2 heterocycles. The van der Waals surface area contributed by atoms with Crippen molar-refractivity contribution in [2.75, 3.05) is 11.9 Å². The van der Waals surface area contributed by atoms with Gasteiger partial charge >= 0.3 is 5.69 Å². The summed E-state index contributed by atoms with van der Waals surface area (Å²) in [5.41, 5.74) is 6.26. The molecule has 0 bridgehead atoms. The average molecular weight is 290 g/mol. The molecular formula is C14H22N6O. The van der Waals surface area contributed by atoms with Crippen LogP contribution in [0.4, 0.5) is 5.82 Å². The van der Waals surface area contributed by atoms with E-state index in [1.807, 2.05) is 0 Å². The number of hydrogen-bond acceptors (Lipinski definition) is 5. The Balaban J connectivity index is 1.98. The van der Waals surface area contributed by atoms with Gasteiger partial charge in [-0.25, -0.2) is 19.3 Å². The van der Waals surface area contributed by atoms with Crippen molar-refractivity contribution >= 4 is 11.5 Å². The van der Waals surface area contributed by atoms with Crippen molar-refractivity contribution in [3.8, 4) is 0 Å². The molecule has 0 amide bonds. The molecule has 21 heavy (non-hydrogen) atoms. The van der Waals surface area contributed by atoms with Crippen LogP contribution < -0.4 is 16.7 Å². The number of hydrogen-bond donors (Lipinski definition) is 3. The molecule has 1 aliphatic rings. The summed E-state index contributed by atoms with van der Waals surface area (Å²) in [5.74, 6) is 1.85. The standard InChI is InChI=1S/C14H22N6O/c1-9-5-3-4-6-14(9,8-15)17-11-7-12-18-19-13(21)20(12)10(2)16-11/h7,9,17H,3-6,8,15H2,1-2H3,(H,19,21). The number of aromatic nitrogens is 4. The number of aryl methyl sites for hydroxylation is 1. The van der Waals surface area contributed by atoms with Crippen molar-refractivity contribution in [3.05, 3.63) is 22.4 Å². The summed E-state index contributed by atoms with van der Waals surface area (Å²) in [7, 11) is 0. The highest BCUT2D eigenvalue weighted by molar-refractivity contribution is 5.51. The summed E-state index contributed by atoms with van der Waals surface area (Å²) in [5, 5.41) is 9.99. The quantitative estimate of drug-likeness (QED) is 0.784. The van der Waals surface area contributed by atoms with Gasteiger partial charge in [0.2, 0.25) is 0 Å². The maximum Gasteiger partial charge on any atom is 0.349 e. The lowest BCUT2D eigenvalue weighted by Gasteiger charge is -2.43. The Bertz CT molecular complexity index is 705. The van der Waals surface area contributed by atoms with Crippen LogP contribution in [0.15, 0.2) is 10.9 Å². The number of anilines is 1. The third-order valence-electron chi connectivity index (χ3n) is 4.76. The van der Waals surface area contributed by atoms with E-state index in [9.17, 15) is 4.79 Å². The Labute approximate surface area is 123 Å².